The second kappa shape index (κ2) is 8.20. The standard InChI is InChI=1S/C17H11Cl2F3N4O/c18-13-3-1-11(5-12(13)17(20,21)22)26-16(27)9(7-23)8-25-10-2-4-15(24)14(19)6-10/h1-6,8,25H,24H2,(H,26,27)/b9-8-. The maximum Gasteiger partial charge on any atom is 0.417 e. The Bertz CT molecular complexity index is 952. The Morgan fingerprint density at radius 3 is 2.37 bits per heavy atom. The zero-order valence-corrected chi connectivity index (χ0v) is 14.9. The number of anilines is 3. The van der Waals surface area contributed by atoms with Gasteiger partial charge in [0, 0.05) is 17.6 Å². The summed E-state index contributed by atoms with van der Waals surface area (Å²) in [6, 6.07) is 9.11. The number of carbonyl (C=O) groups is 1. The molecule has 0 aromatic heterocycles. The topological polar surface area (TPSA) is 90.9 Å². The number of amides is 1. The van der Waals surface area contributed by atoms with Gasteiger partial charge in [0.15, 0.2) is 0 Å². The number of benzene rings is 2. The average molecular weight is 415 g/mol. The van der Waals surface area contributed by atoms with Gasteiger partial charge in [-0.15, -0.1) is 0 Å². The lowest BCUT2D eigenvalue weighted by molar-refractivity contribution is -0.137. The summed E-state index contributed by atoms with van der Waals surface area (Å²) in [6.45, 7) is 0. The van der Waals surface area contributed by atoms with E-state index >= 15 is 0 Å². The van der Waals surface area contributed by atoms with Gasteiger partial charge in [-0.3, -0.25) is 4.79 Å². The molecule has 0 saturated heterocycles. The van der Waals surface area contributed by atoms with Gasteiger partial charge in [0.2, 0.25) is 0 Å². The van der Waals surface area contributed by atoms with Crippen LogP contribution in [0.15, 0.2) is 48.2 Å². The summed E-state index contributed by atoms with van der Waals surface area (Å²) in [7, 11) is 0. The van der Waals surface area contributed by atoms with Gasteiger partial charge in [0.25, 0.3) is 5.91 Å². The van der Waals surface area contributed by atoms with Gasteiger partial charge < -0.3 is 16.4 Å². The molecule has 0 aliphatic heterocycles. The molecule has 0 aliphatic rings. The first-order valence-electron chi connectivity index (χ1n) is 7.21. The number of hydrogen-bond donors (Lipinski definition) is 3. The lowest BCUT2D eigenvalue weighted by Gasteiger charge is -2.11. The molecular weight excluding hydrogens is 404 g/mol. The SMILES string of the molecule is N#C/C(=C/Nc1ccc(N)c(Cl)c1)C(=O)Nc1ccc(Cl)c(C(F)(F)F)c1. The summed E-state index contributed by atoms with van der Waals surface area (Å²) in [4.78, 5) is 12.1. The molecule has 5 nitrogen and oxygen atoms in total. The van der Waals surface area contributed by atoms with Crippen LogP contribution < -0.4 is 16.4 Å². The summed E-state index contributed by atoms with van der Waals surface area (Å²) in [5.41, 5.74) is 4.76. The highest BCUT2D eigenvalue weighted by Crippen LogP contribution is 2.36. The summed E-state index contributed by atoms with van der Waals surface area (Å²) in [5.74, 6) is -0.901. The second-order valence-electron chi connectivity index (χ2n) is 5.20. The van der Waals surface area contributed by atoms with Crippen molar-refractivity contribution in [3.05, 3.63) is 63.8 Å². The van der Waals surface area contributed by atoms with E-state index in [-0.39, 0.29) is 16.3 Å². The van der Waals surface area contributed by atoms with Crippen molar-refractivity contribution in [2.75, 3.05) is 16.4 Å². The van der Waals surface area contributed by atoms with E-state index in [0.717, 1.165) is 12.3 Å². The predicted molar refractivity (Wildman–Crippen MR) is 98.3 cm³/mol. The number of halogens is 5. The van der Waals surface area contributed by atoms with Gasteiger partial charge in [-0.2, -0.15) is 18.4 Å². The monoisotopic (exact) mass is 414 g/mol. The van der Waals surface area contributed by atoms with Gasteiger partial charge in [0.1, 0.15) is 11.6 Å². The number of rotatable bonds is 4. The first kappa shape index (κ1) is 20.4. The highest BCUT2D eigenvalue weighted by atomic mass is 35.5. The Balaban J connectivity index is 2.17. The largest absolute Gasteiger partial charge is 0.417 e. The molecule has 0 atom stereocenters. The minimum Gasteiger partial charge on any atom is -0.398 e. The fourth-order valence-electron chi connectivity index (χ4n) is 1.94. The summed E-state index contributed by atoms with van der Waals surface area (Å²) >= 11 is 11.4. The molecule has 0 heterocycles. The van der Waals surface area contributed by atoms with E-state index in [4.69, 9.17) is 34.2 Å². The third-order valence-electron chi connectivity index (χ3n) is 3.28. The maximum absolute atomic E-state index is 12.9. The molecule has 2 rings (SSSR count). The van der Waals surface area contributed by atoms with Crippen LogP contribution in [0.5, 0.6) is 0 Å². The highest BCUT2D eigenvalue weighted by Gasteiger charge is 2.33. The van der Waals surface area contributed by atoms with Gasteiger partial charge in [0.05, 0.1) is 21.3 Å². The molecule has 2 aromatic carbocycles. The number of alkyl halides is 3. The molecule has 1 amide bonds. The van der Waals surface area contributed by atoms with E-state index < -0.39 is 22.7 Å². The smallest absolute Gasteiger partial charge is 0.398 e. The van der Waals surface area contributed by atoms with Crippen LogP contribution >= 0.6 is 23.2 Å². The Kier molecular flexibility index (Phi) is 6.20. The summed E-state index contributed by atoms with van der Waals surface area (Å²) < 4.78 is 38.6. The van der Waals surface area contributed by atoms with Crippen LogP contribution in [0.25, 0.3) is 0 Å². The Morgan fingerprint density at radius 1 is 1.11 bits per heavy atom. The Labute approximate surface area is 162 Å². The Morgan fingerprint density at radius 2 is 1.78 bits per heavy atom. The van der Waals surface area contributed by atoms with E-state index in [1.54, 1.807) is 12.1 Å². The number of nitrogen functional groups attached to an aromatic ring is 1. The average Bonchev–Trinajstić information content (AvgIpc) is 2.59. The molecule has 0 fully saturated rings. The van der Waals surface area contributed by atoms with E-state index in [1.807, 2.05) is 0 Å². The number of nitrogens with one attached hydrogen (secondary N) is 2. The van der Waals surface area contributed by atoms with Crippen molar-refractivity contribution >= 4 is 46.2 Å². The molecule has 0 saturated carbocycles. The molecule has 10 heteroatoms. The van der Waals surface area contributed by atoms with E-state index in [9.17, 15) is 18.0 Å². The second-order valence-corrected chi connectivity index (χ2v) is 6.01. The van der Waals surface area contributed by atoms with Gasteiger partial charge in [-0.05, 0) is 36.4 Å². The predicted octanol–water partition coefficient (Wildman–Crippen LogP) is 5.05. The van der Waals surface area contributed by atoms with Crippen LogP contribution in [-0.2, 0) is 11.0 Å². The van der Waals surface area contributed by atoms with Crippen LogP contribution in [0, 0.1) is 11.3 Å². The van der Waals surface area contributed by atoms with Crippen LogP contribution in [0.3, 0.4) is 0 Å². The van der Waals surface area contributed by atoms with Crippen LogP contribution in [0.4, 0.5) is 30.2 Å². The Hall–Kier alpha value is -2.89. The van der Waals surface area contributed by atoms with Crippen molar-refractivity contribution in [1.29, 1.82) is 5.26 Å². The lowest BCUT2D eigenvalue weighted by atomic mass is 10.2. The number of nitrogens with two attached hydrogens (primary N) is 1. The summed E-state index contributed by atoms with van der Waals surface area (Å²) in [5, 5.41) is 13.8. The first-order chi connectivity index (χ1) is 12.6. The van der Waals surface area contributed by atoms with E-state index in [0.29, 0.717) is 17.4 Å². The normalized spacial score (nSPS) is 11.6. The number of carbonyl (C=O) groups excluding carboxylic acids is 1. The molecular formula is C17H11Cl2F3N4O. The van der Waals surface area contributed by atoms with Gasteiger partial charge in [-0.25, -0.2) is 0 Å². The lowest BCUT2D eigenvalue weighted by Crippen LogP contribution is -2.15. The zero-order valence-electron chi connectivity index (χ0n) is 13.4. The quantitative estimate of drug-likeness (QED) is 0.370. The number of nitrogens with zero attached hydrogens (tertiary/aromatic N) is 1. The van der Waals surface area contributed by atoms with E-state index in [2.05, 4.69) is 10.6 Å². The van der Waals surface area contributed by atoms with Gasteiger partial charge in [-0.1, -0.05) is 23.2 Å². The van der Waals surface area contributed by atoms with Gasteiger partial charge >= 0.3 is 6.18 Å². The summed E-state index contributed by atoms with van der Waals surface area (Å²) in [6.07, 6.45) is -3.58. The molecule has 27 heavy (non-hydrogen) atoms. The van der Waals surface area contributed by atoms with Crippen molar-refractivity contribution < 1.29 is 18.0 Å². The van der Waals surface area contributed by atoms with E-state index in [1.165, 1.54) is 18.2 Å². The molecule has 4 N–H and O–H groups in total. The zero-order chi connectivity index (χ0) is 20.2. The molecule has 0 spiro atoms. The fraction of sp³-hybridized carbons (Fsp3) is 0.0588. The molecule has 0 bridgehead atoms. The van der Waals surface area contributed by atoms with Crippen LogP contribution in [0.1, 0.15) is 5.56 Å². The fourth-order valence-corrected chi connectivity index (χ4v) is 2.34. The van der Waals surface area contributed by atoms with Crippen molar-refractivity contribution in [2.45, 2.75) is 6.18 Å². The molecule has 0 radical (unpaired) electrons. The van der Waals surface area contributed by atoms with Crippen molar-refractivity contribution in [3.8, 4) is 6.07 Å². The van der Waals surface area contributed by atoms with Crippen molar-refractivity contribution in [3.63, 3.8) is 0 Å². The van der Waals surface area contributed by atoms with Crippen LogP contribution in [-0.4, -0.2) is 5.91 Å². The molecule has 0 aliphatic carbocycles. The number of nitriles is 1. The molecule has 2 aromatic rings. The van der Waals surface area contributed by atoms with Crippen molar-refractivity contribution in [1.82, 2.24) is 0 Å². The molecule has 0 unspecified atom stereocenters. The first-order valence-corrected chi connectivity index (χ1v) is 7.97. The third kappa shape index (κ3) is 5.29. The number of hydrogen-bond acceptors (Lipinski definition) is 4. The molecule has 140 valence electrons. The maximum atomic E-state index is 12.9. The third-order valence-corrected chi connectivity index (χ3v) is 3.94. The highest BCUT2D eigenvalue weighted by molar-refractivity contribution is 6.33. The minimum absolute atomic E-state index is 0.159. The van der Waals surface area contributed by atoms with Crippen molar-refractivity contribution in [2.24, 2.45) is 0 Å². The minimum atomic E-state index is -4.68. The van der Waals surface area contributed by atoms with Crippen LogP contribution in [0.2, 0.25) is 10.0 Å².